The van der Waals surface area contributed by atoms with Gasteiger partial charge in [-0.3, -0.25) is 0 Å². The summed E-state index contributed by atoms with van der Waals surface area (Å²) in [6, 6.07) is 87.9. The van der Waals surface area contributed by atoms with Crippen LogP contribution in [-0.2, 0) is 0 Å². The van der Waals surface area contributed by atoms with Gasteiger partial charge in [-0.05, 0) is 122 Å². The van der Waals surface area contributed by atoms with Crippen LogP contribution in [0, 0.1) is 0 Å². The second-order valence-electron chi connectivity index (χ2n) is 15.3. The number of nitrogens with zero attached hydrogens (tertiary/aromatic N) is 2. The number of para-hydroxylation sites is 2. The lowest BCUT2D eigenvalue weighted by atomic mass is 9.94. The molecule has 0 bridgehead atoms. The number of benzene rings is 10. The Balaban J connectivity index is 1.10. The maximum Gasteiger partial charge on any atom is 0.0553 e. The maximum absolute atomic E-state index is 2.42. The van der Waals surface area contributed by atoms with Crippen LogP contribution in [0.4, 0.5) is 17.1 Å². The van der Waals surface area contributed by atoms with Crippen molar-refractivity contribution in [3.8, 4) is 50.2 Å². The molecule has 0 spiro atoms. The zero-order valence-corrected chi connectivity index (χ0v) is 33.0. The molecule has 0 atom stereocenters. The molecule has 60 heavy (non-hydrogen) atoms. The first-order chi connectivity index (χ1) is 29.8. The SMILES string of the molecule is c1ccc(-c2ccc(N(c3ccc(-c4cccc5ccccc45)cc3)c3cccc(-c4cc(-c5ccccc5)cc5c4c4ccccc4n5-c4ccccc4)c3)cc2)cc1. The number of anilines is 3. The van der Waals surface area contributed by atoms with Gasteiger partial charge in [-0.2, -0.15) is 0 Å². The van der Waals surface area contributed by atoms with E-state index in [1.807, 2.05) is 0 Å². The molecular formula is C58H40N2. The van der Waals surface area contributed by atoms with Crippen molar-refractivity contribution in [2.75, 3.05) is 4.90 Å². The molecular weight excluding hydrogens is 725 g/mol. The quantitative estimate of drug-likeness (QED) is 0.150. The van der Waals surface area contributed by atoms with Gasteiger partial charge in [0.15, 0.2) is 0 Å². The van der Waals surface area contributed by atoms with E-state index >= 15 is 0 Å². The van der Waals surface area contributed by atoms with Crippen molar-refractivity contribution in [3.05, 3.63) is 243 Å². The number of hydrogen-bond acceptors (Lipinski definition) is 1. The minimum Gasteiger partial charge on any atom is -0.310 e. The van der Waals surface area contributed by atoms with Crippen LogP contribution in [0.25, 0.3) is 82.8 Å². The van der Waals surface area contributed by atoms with Crippen LogP contribution in [0.1, 0.15) is 0 Å². The molecule has 0 aliphatic heterocycles. The smallest absolute Gasteiger partial charge is 0.0553 e. The second kappa shape index (κ2) is 15.1. The maximum atomic E-state index is 2.42. The summed E-state index contributed by atoms with van der Waals surface area (Å²) < 4.78 is 2.42. The van der Waals surface area contributed by atoms with Crippen molar-refractivity contribution < 1.29 is 0 Å². The molecule has 2 nitrogen and oxygen atoms in total. The van der Waals surface area contributed by atoms with Crippen LogP contribution in [-0.4, -0.2) is 4.57 Å². The summed E-state index contributed by atoms with van der Waals surface area (Å²) in [5, 5.41) is 4.97. The Kier molecular flexibility index (Phi) is 8.87. The van der Waals surface area contributed by atoms with Gasteiger partial charge in [0.05, 0.1) is 11.0 Å². The summed E-state index contributed by atoms with van der Waals surface area (Å²) in [7, 11) is 0. The van der Waals surface area contributed by atoms with Gasteiger partial charge >= 0.3 is 0 Å². The molecule has 0 N–H and O–H groups in total. The van der Waals surface area contributed by atoms with Crippen LogP contribution in [0.5, 0.6) is 0 Å². The van der Waals surface area contributed by atoms with Gasteiger partial charge in [0, 0.05) is 33.5 Å². The Hall–Kier alpha value is -7.94. The van der Waals surface area contributed by atoms with E-state index in [4.69, 9.17) is 0 Å². The van der Waals surface area contributed by atoms with E-state index in [9.17, 15) is 0 Å². The Morgan fingerprint density at radius 1 is 0.283 bits per heavy atom. The molecule has 0 aliphatic carbocycles. The predicted octanol–water partition coefficient (Wildman–Crippen LogP) is 16.1. The minimum absolute atomic E-state index is 1.09. The van der Waals surface area contributed by atoms with E-state index in [2.05, 4.69) is 252 Å². The Labute approximate surface area is 350 Å². The third kappa shape index (κ3) is 6.32. The molecule has 0 saturated heterocycles. The van der Waals surface area contributed by atoms with Crippen LogP contribution in [0.15, 0.2) is 243 Å². The summed E-state index contributed by atoms with van der Waals surface area (Å²) in [6.45, 7) is 0. The summed E-state index contributed by atoms with van der Waals surface area (Å²) in [6.07, 6.45) is 0. The van der Waals surface area contributed by atoms with Crippen molar-refractivity contribution in [2.45, 2.75) is 0 Å². The number of hydrogen-bond donors (Lipinski definition) is 0. The highest BCUT2D eigenvalue weighted by atomic mass is 15.1. The average molecular weight is 765 g/mol. The second-order valence-corrected chi connectivity index (χ2v) is 15.3. The number of aromatic nitrogens is 1. The fourth-order valence-corrected chi connectivity index (χ4v) is 8.94. The van der Waals surface area contributed by atoms with E-state index in [0.29, 0.717) is 0 Å². The van der Waals surface area contributed by atoms with E-state index in [1.165, 1.54) is 71.5 Å². The lowest BCUT2D eigenvalue weighted by Crippen LogP contribution is -2.10. The van der Waals surface area contributed by atoms with Crippen molar-refractivity contribution in [1.82, 2.24) is 4.57 Å². The molecule has 0 unspecified atom stereocenters. The molecule has 11 aromatic rings. The molecule has 0 aliphatic rings. The third-order valence-electron chi connectivity index (χ3n) is 11.8. The summed E-state index contributed by atoms with van der Waals surface area (Å²) in [4.78, 5) is 2.39. The Morgan fingerprint density at radius 3 is 1.53 bits per heavy atom. The molecule has 1 aromatic heterocycles. The summed E-state index contributed by atoms with van der Waals surface area (Å²) in [5.41, 5.74) is 16.3. The lowest BCUT2D eigenvalue weighted by Gasteiger charge is -2.26. The molecule has 0 saturated carbocycles. The minimum atomic E-state index is 1.09. The van der Waals surface area contributed by atoms with Crippen LogP contribution >= 0.6 is 0 Å². The summed E-state index contributed by atoms with van der Waals surface area (Å²) >= 11 is 0. The highest BCUT2D eigenvalue weighted by Crippen LogP contribution is 2.44. The molecule has 282 valence electrons. The average Bonchev–Trinajstić information content (AvgIpc) is 3.67. The Bertz CT molecular complexity index is 3270. The standard InChI is InChI=1S/C58H40N2/c1-4-16-41(17-5-1)43-30-34-49(35-31-43)59(50-36-32-45(33-37-50)53-28-15-21-44-20-10-11-26-52(44)53)51-25-14-22-46(38-51)55-39-47(42-18-6-2-7-19-42)40-57-58(55)54-27-12-13-29-56(54)60(57)48-23-8-3-9-24-48/h1-40H. The molecule has 11 rings (SSSR count). The summed E-state index contributed by atoms with van der Waals surface area (Å²) in [5.74, 6) is 0. The highest BCUT2D eigenvalue weighted by Gasteiger charge is 2.20. The normalized spacial score (nSPS) is 11.3. The van der Waals surface area contributed by atoms with E-state index in [1.54, 1.807) is 0 Å². The first kappa shape index (κ1) is 35.2. The zero-order chi connectivity index (χ0) is 39.8. The zero-order valence-electron chi connectivity index (χ0n) is 33.0. The Morgan fingerprint density at radius 2 is 0.817 bits per heavy atom. The fraction of sp³-hybridized carbons (Fsp3) is 0. The van der Waals surface area contributed by atoms with Gasteiger partial charge < -0.3 is 9.47 Å². The molecule has 0 fully saturated rings. The number of fused-ring (bicyclic) bond motifs is 4. The van der Waals surface area contributed by atoms with Gasteiger partial charge in [-0.15, -0.1) is 0 Å². The third-order valence-corrected chi connectivity index (χ3v) is 11.8. The van der Waals surface area contributed by atoms with Gasteiger partial charge in [-0.1, -0.05) is 176 Å². The van der Waals surface area contributed by atoms with Crippen LogP contribution in [0.3, 0.4) is 0 Å². The fourth-order valence-electron chi connectivity index (χ4n) is 8.94. The largest absolute Gasteiger partial charge is 0.310 e. The number of rotatable bonds is 8. The topological polar surface area (TPSA) is 8.17 Å². The van der Waals surface area contributed by atoms with Gasteiger partial charge in [0.2, 0.25) is 0 Å². The predicted molar refractivity (Wildman–Crippen MR) is 255 cm³/mol. The molecule has 2 heteroatoms. The van der Waals surface area contributed by atoms with E-state index < -0.39 is 0 Å². The van der Waals surface area contributed by atoms with Gasteiger partial charge in [0.25, 0.3) is 0 Å². The van der Waals surface area contributed by atoms with E-state index in [0.717, 1.165) is 28.3 Å². The molecule has 10 aromatic carbocycles. The molecule has 0 radical (unpaired) electrons. The first-order valence-electron chi connectivity index (χ1n) is 20.6. The van der Waals surface area contributed by atoms with Crippen molar-refractivity contribution >= 4 is 49.6 Å². The van der Waals surface area contributed by atoms with Crippen molar-refractivity contribution in [2.24, 2.45) is 0 Å². The van der Waals surface area contributed by atoms with Gasteiger partial charge in [0.1, 0.15) is 0 Å². The highest BCUT2D eigenvalue weighted by molar-refractivity contribution is 6.17. The van der Waals surface area contributed by atoms with Crippen molar-refractivity contribution in [3.63, 3.8) is 0 Å². The van der Waals surface area contributed by atoms with Crippen LogP contribution in [0.2, 0.25) is 0 Å². The first-order valence-corrected chi connectivity index (χ1v) is 20.6. The van der Waals surface area contributed by atoms with Crippen LogP contribution < -0.4 is 4.90 Å². The van der Waals surface area contributed by atoms with Gasteiger partial charge in [-0.25, -0.2) is 0 Å². The van der Waals surface area contributed by atoms with E-state index in [-0.39, 0.29) is 0 Å². The monoisotopic (exact) mass is 764 g/mol. The molecule has 1 heterocycles. The van der Waals surface area contributed by atoms with Crippen molar-refractivity contribution in [1.29, 1.82) is 0 Å². The molecule has 0 amide bonds. The lowest BCUT2D eigenvalue weighted by molar-refractivity contribution is 1.18.